The number of allylic oxidation sites excluding steroid dienone is 1. The van der Waals surface area contributed by atoms with Crippen LogP contribution in [0.4, 0.5) is 0 Å². The van der Waals surface area contributed by atoms with Crippen LogP contribution in [0.5, 0.6) is 0 Å². The third kappa shape index (κ3) is 1.93. The fraction of sp³-hybridized carbons (Fsp3) is 0.600. The third-order valence-corrected chi connectivity index (χ3v) is 2.22. The molecule has 0 aromatic rings. The van der Waals surface area contributed by atoms with Gasteiger partial charge in [0.1, 0.15) is 0 Å². The van der Waals surface area contributed by atoms with E-state index in [-0.39, 0.29) is 6.10 Å². The van der Waals surface area contributed by atoms with Crippen molar-refractivity contribution in [2.24, 2.45) is 5.92 Å². The van der Waals surface area contributed by atoms with E-state index in [1.165, 1.54) is 0 Å². The summed E-state index contributed by atoms with van der Waals surface area (Å²) in [6.07, 6.45) is 3.82. The largest absolute Gasteiger partial charge is 0.388 e. The first kappa shape index (κ1) is 8.54. The van der Waals surface area contributed by atoms with Crippen molar-refractivity contribution < 1.29 is 5.11 Å². The molecule has 0 amide bonds. The van der Waals surface area contributed by atoms with E-state index in [9.17, 15) is 5.11 Å². The van der Waals surface area contributed by atoms with Crippen LogP contribution in [-0.4, -0.2) is 11.2 Å². The summed E-state index contributed by atoms with van der Waals surface area (Å²) in [6, 6.07) is 0. The van der Waals surface area contributed by atoms with E-state index in [2.05, 4.69) is 19.6 Å². The van der Waals surface area contributed by atoms with Gasteiger partial charge in [-0.25, -0.2) is 0 Å². The van der Waals surface area contributed by atoms with Crippen molar-refractivity contribution in [3.63, 3.8) is 0 Å². The van der Waals surface area contributed by atoms with Crippen molar-refractivity contribution in [1.82, 2.24) is 0 Å². The van der Waals surface area contributed by atoms with E-state index < -0.39 is 0 Å². The molecule has 0 heterocycles. The van der Waals surface area contributed by atoms with E-state index in [1.54, 1.807) is 0 Å². The molecule has 0 saturated carbocycles. The summed E-state index contributed by atoms with van der Waals surface area (Å²) in [4.78, 5) is 0. The molecule has 1 rings (SSSR count). The molecule has 11 heavy (non-hydrogen) atoms. The molecule has 1 aliphatic carbocycles. The molecule has 0 radical (unpaired) electrons. The van der Waals surface area contributed by atoms with Gasteiger partial charge in [0, 0.05) is 0 Å². The van der Waals surface area contributed by atoms with Crippen LogP contribution in [0.25, 0.3) is 0 Å². The zero-order valence-electron chi connectivity index (χ0n) is 7.30. The second-order valence-corrected chi connectivity index (χ2v) is 3.53. The van der Waals surface area contributed by atoms with Crippen LogP contribution in [0.15, 0.2) is 23.8 Å². The fourth-order valence-electron chi connectivity index (χ4n) is 1.53. The summed E-state index contributed by atoms with van der Waals surface area (Å²) in [5.74, 6) is 0.619. The number of aliphatic hydroxyl groups is 1. The Labute approximate surface area is 68.4 Å². The minimum absolute atomic E-state index is 0.267. The lowest BCUT2D eigenvalue weighted by molar-refractivity contribution is 0.173. The highest BCUT2D eigenvalue weighted by Crippen LogP contribution is 2.26. The Kier molecular flexibility index (Phi) is 2.50. The van der Waals surface area contributed by atoms with E-state index in [1.807, 2.05) is 6.92 Å². The van der Waals surface area contributed by atoms with Gasteiger partial charge < -0.3 is 5.11 Å². The highest BCUT2D eigenvalue weighted by atomic mass is 16.3. The standard InChI is InChI=1S/C10H16O/c1-7(2)9-5-4-8(3)6-10(9)11/h5,8,10-11H,1,4,6H2,2-3H3/t8-,10-/m0/s1. The van der Waals surface area contributed by atoms with E-state index in [4.69, 9.17) is 0 Å². The number of hydrogen-bond acceptors (Lipinski definition) is 1. The smallest absolute Gasteiger partial charge is 0.0792 e. The Hall–Kier alpha value is -0.560. The second kappa shape index (κ2) is 3.22. The molecule has 2 atom stereocenters. The van der Waals surface area contributed by atoms with Crippen LogP contribution in [0.1, 0.15) is 26.7 Å². The van der Waals surface area contributed by atoms with E-state index in [0.29, 0.717) is 5.92 Å². The van der Waals surface area contributed by atoms with Crippen LogP contribution >= 0.6 is 0 Å². The van der Waals surface area contributed by atoms with Crippen LogP contribution in [-0.2, 0) is 0 Å². The minimum atomic E-state index is -0.267. The Morgan fingerprint density at radius 3 is 2.82 bits per heavy atom. The average Bonchev–Trinajstić information content (AvgIpc) is 1.85. The lowest BCUT2D eigenvalue weighted by atomic mass is 9.86. The third-order valence-electron chi connectivity index (χ3n) is 2.22. The monoisotopic (exact) mass is 152 g/mol. The zero-order chi connectivity index (χ0) is 8.43. The highest BCUT2D eigenvalue weighted by Gasteiger charge is 2.19. The van der Waals surface area contributed by atoms with Gasteiger partial charge in [-0.15, -0.1) is 0 Å². The van der Waals surface area contributed by atoms with Gasteiger partial charge in [-0.05, 0) is 31.3 Å². The molecule has 0 saturated heterocycles. The van der Waals surface area contributed by atoms with Gasteiger partial charge in [0.2, 0.25) is 0 Å². The van der Waals surface area contributed by atoms with Gasteiger partial charge >= 0.3 is 0 Å². The van der Waals surface area contributed by atoms with Crippen molar-refractivity contribution >= 4 is 0 Å². The summed E-state index contributed by atoms with van der Waals surface area (Å²) >= 11 is 0. The lowest BCUT2D eigenvalue weighted by Crippen LogP contribution is -2.19. The van der Waals surface area contributed by atoms with Crippen molar-refractivity contribution in [3.8, 4) is 0 Å². The van der Waals surface area contributed by atoms with Crippen molar-refractivity contribution in [1.29, 1.82) is 0 Å². The lowest BCUT2D eigenvalue weighted by Gasteiger charge is -2.24. The molecule has 1 heteroatoms. The summed E-state index contributed by atoms with van der Waals surface area (Å²) in [5.41, 5.74) is 2.05. The van der Waals surface area contributed by atoms with Gasteiger partial charge in [0.25, 0.3) is 0 Å². The highest BCUT2D eigenvalue weighted by molar-refractivity contribution is 5.31. The van der Waals surface area contributed by atoms with E-state index in [0.717, 1.165) is 24.0 Å². The Morgan fingerprint density at radius 1 is 1.73 bits per heavy atom. The van der Waals surface area contributed by atoms with Gasteiger partial charge in [-0.2, -0.15) is 0 Å². The summed E-state index contributed by atoms with van der Waals surface area (Å²) < 4.78 is 0. The molecule has 62 valence electrons. The summed E-state index contributed by atoms with van der Waals surface area (Å²) in [6.45, 7) is 7.94. The van der Waals surface area contributed by atoms with Crippen molar-refractivity contribution in [2.45, 2.75) is 32.8 Å². The molecule has 1 aliphatic rings. The van der Waals surface area contributed by atoms with Gasteiger partial charge in [0.05, 0.1) is 6.10 Å². The molecule has 0 unspecified atom stereocenters. The molecular formula is C10H16O. The van der Waals surface area contributed by atoms with E-state index >= 15 is 0 Å². The van der Waals surface area contributed by atoms with Gasteiger partial charge in [0.15, 0.2) is 0 Å². The maximum Gasteiger partial charge on any atom is 0.0792 e. The Morgan fingerprint density at radius 2 is 2.36 bits per heavy atom. The first-order valence-corrected chi connectivity index (χ1v) is 4.15. The predicted molar refractivity (Wildman–Crippen MR) is 47.3 cm³/mol. The molecule has 0 aromatic carbocycles. The number of hydrogen-bond donors (Lipinski definition) is 1. The Bertz CT molecular complexity index is 191. The molecule has 0 bridgehead atoms. The molecule has 1 N–H and O–H groups in total. The molecular weight excluding hydrogens is 136 g/mol. The summed E-state index contributed by atoms with van der Waals surface area (Å²) in [7, 11) is 0. The maximum absolute atomic E-state index is 9.58. The number of aliphatic hydroxyl groups excluding tert-OH is 1. The SMILES string of the molecule is C=C(C)C1=CC[C@H](C)C[C@@H]1O. The quantitative estimate of drug-likeness (QED) is 0.611. The zero-order valence-corrected chi connectivity index (χ0v) is 7.30. The van der Waals surface area contributed by atoms with Gasteiger partial charge in [-0.3, -0.25) is 0 Å². The molecule has 1 nitrogen and oxygen atoms in total. The average molecular weight is 152 g/mol. The minimum Gasteiger partial charge on any atom is -0.388 e. The normalized spacial score (nSPS) is 31.4. The Balaban J connectivity index is 2.72. The number of rotatable bonds is 1. The van der Waals surface area contributed by atoms with Gasteiger partial charge in [-0.1, -0.05) is 25.2 Å². The van der Waals surface area contributed by atoms with Crippen molar-refractivity contribution in [3.05, 3.63) is 23.8 Å². The van der Waals surface area contributed by atoms with Crippen molar-refractivity contribution in [2.75, 3.05) is 0 Å². The first-order valence-electron chi connectivity index (χ1n) is 4.15. The second-order valence-electron chi connectivity index (χ2n) is 3.53. The van der Waals surface area contributed by atoms with Crippen LogP contribution in [0.2, 0.25) is 0 Å². The predicted octanol–water partition coefficient (Wildman–Crippen LogP) is 2.28. The first-order chi connectivity index (χ1) is 5.11. The molecule has 0 aliphatic heterocycles. The fourth-order valence-corrected chi connectivity index (χ4v) is 1.53. The van der Waals surface area contributed by atoms with Crippen LogP contribution in [0.3, 0.4) is 0 Å². The topological polar surface area (TPSA) is 20.2 Å². The molecule has 0 fully saturated rings. The summed E-state index contributed by atoms with van der Waals surface area (Å²) in [5, 5.41) is 9.58. The molecule has 0 aromatic heterocycles. The molecule has 0 spiro atoms. The van der Waals surface area contributed by atoms with Crippen LogP contribution < -0.4 is 0 Å². The maximum atomic E-state index is 9.58. The van der Waals surface area contributed by atoms with Crippen LogP contribution in [0, 0.1) is 5.92 Å².